The van der Waals surface area contributed by atoms with Crippen LogP contribution in [0.3, 0.4) is 0 Å². The molecule has 0 saturated heterocycles. The average molecular weight is 219 g/mol. The normalized spacial score (nSPS) is 23.1. The van der Waals surface area contributed by atoms with Crippen molar-refractivity contribution in [2.75, 3.05) is 6.54 Å². The predicted molar refractivity (Wildman–Crippen MR) is 62.1 cm³/mol. The van der Waals surface area contributed by atoms with Crippen LogP contribution in [0.4, 0.5) is 0 Å². The second kappa shape index (κ2) is 4.66. The van der Waals surface area contributed by atoms with E-state index in [2.05, 4.69) is 30.4 Å². The number of hydrogen-bond donors (Lipinski definition) is 2. The van der Waals surface area contributed by atoms with E-state index in [0.717, 1.165) is 19.5 Å². The quantitative estimate of drug-likeness (QED) is 0.794. The van der Waals surface area contributed by atoms with Crippen LogP contribution in [0.1, 0.15) is 17.5 Å². The van der Waals surface area contributed by atoms with E-state index >= 15 is 0 Å². The fraction of sp³-hybridized carbons (Fsp3) is 0.462. The lowest BCUT2D eigenvalue weighted by Crippen LogP contribution is -2.18. The Labute approximate surface area is 95.5 Å². The van der Waals surface area contributed by atoms with E-state index in [4.69, 9.17) is 5.11 Å². The maximum Gasteiger partial charge on any atom is 0.306 e. The molecule has 2 atom stereocenters. The molecule has 2 unspecified atom stereocenters. The number of carboxylic acids is 1. The maximum absolute atomic E-state index is 10.6. The van der Waals surface area contributed by atoms with Crippen LogP contribution >= 0.6 is 0 Å². The Bertz CT molecular complexity index is 389. The summed E-state index contributed by atoms with van der Waals surface area (Å²) >= 11 is 0. The highest BCUT2D eigenvalue weighted by molar-refractivity contribution is 5.73. The zero-order valence-electron chi connectivity index (χ0n) is 9.44. The maximum atomic E-state index is 10.6. The number of rotatable bonds is 5. The highest BCUT2D eigenvalue weighted by atomic mass is 16.4. The minimum atomic E-state index is -0.651. The van der Waals surface area contributed by atoms with Crippen LogP contribution in [0.25, 0.3) is 0 Å². The van der Waals surface area contributed by atoms with Crippen molar-refractivity contribution >= 4 is 5.97 Å². The molecule has 1 aliphatic carbocycles. The monoisotopic (exact) mass is 219 g/mol. The van der Waals surface area contributed by atoms with Crippen LogP contribution in [-0.4, -0.2) is 17.6 Å². The topological polar surface area (TPSA) is 49.3 Å². The third-order valence-electron chi connectivity index (χ3n) is 3.06. The van der Waals surface area contributed by atoms with Crippen molar-refractivity contribution in [2.45, 2.75) is 19.9 Å². The Morgan fingerprint density at radius 1 is 1.56 bits per heavy atom. The van der Waals surface area contributed by atoms with Crippen molar-refractivity contribution < 1.29 is 9.90 Å². The minimum absolute atomic E-state index is 0.106. The summed E-state index contributed by atoms with van der Waals surface area (Å²) in [6.45, 7) is 3.71. The van der Waals surface area contributed by atoms with Crippen molar-refractivity contribution in [3.05, 3.63) is 35.4 Å². The summed E-state index contributed by atoms with van der Waals surface area (Å²) in [5.74, 6) is -0.422. The Balaban J connectivity index is 1.71. The van der Waals surface area contributed by atoms with E-state index in [-0.39, 0.29) is 5.92 Å². The number of nitrogens with one attached hydrogen (secondary N) is 1. The standard InChI is InChI=1S/C13H17NO2/c1-9-3-2-4-10(5-9)7-14-8-11-6-12(11)13(15)16/h2-5,11-12,14H,6-8H2,1H3,(H,15,16). The number of aryl methyl sites for hydroxylation is 1. The van der Waals surface area contributed by atoms with Gasteiger partial charge in [0.15, 0.2) is 0 Å². The van der Waals surface area contributed by atoms with Gasteiger partial charge in [0.05, 0.1) is 5.92 Å². The predicted octanol–water partition coefficient (Wildman–Crippen LogP) is 1.81. The molecule has 2 N–H and O–H groups in total. The zero-order chi connectivity index (χ0) is 11.5. The van der Waals surface area contributed by atoms with Gasteiger partial charge in [-0.15, -0.1) is 0 Å². The van der Waals surface area contributed by atoms with Gasteiger partial charge in [0.2, 0.25) is 0 Å². The minimum Gasteiger partial charge on any atom is -0.481 e. The smallest absolute Gasteiger partial charge is 0.306 e. The van der Waals surface area contributed by atoms with Gasteiger partial charge in [-0.2, -0.15) is 0 Å². The van der Waals surface area contributed by atoms with Crippen molar-refractivity contribution in [1.29, 1.82) is 0 Å². The number of hydrogen-bond acceptors (Lipinski definition) is 2. The lowest BCUT2D eigenvalue weighted by molar-refractivity contribution is -0.138. The third kappa shape index (κ3) is 2.83. The summed E-state index contributed by atoms with van der Waals surface area (Å²) in [4.78, 5) is 10.6. The van der Waals surface area contributed by atoms with E-state index in [1.807, 2.05) is 6.07 Å². The molecular weight excluding hydrogens is 202 g/mol. The highest BCUT2D eigenvalue weighted by Gasteiger charge is 2.42. The fourth-order valence-electron chi connectivity index (χ4n) is 2.00. The van der Waals surface area contributed by atoms with Crippen molar-refractivity contribution in [2.24, 2.45) is 11.8 Å². The summed E-state index contributed by atoms with van der Waals surface area (Å²) in [6.07, 6.45) is 0.830. The van der Waals surface area contributed by atoms with E-state index in [1.54, 1.807) is 0 Å². The molecular formula is C13H17NO2. The summed E-state index contributed by atoms with van der Waals surface area (Å²) in [6, 6.07) is 8.35. The van der Waals surface area contributed by atoms with Crippen LogP contribution in [0, 0.1) is 18.8 Å². The van der Waals surface area contributed by atoms with Gasteiger partial charge < -0.3 is 10.4 Å². The number of aliphatic carboxylic acids is 1. The highest BCUT2D eigenvalue weighted by Crippen LogP contribution is 2.37. The van der Waals surface area contributed by atoms with Crippen LogP contribution in [0.2, 0.25) is 0 Å². The van der Waals surface area contributed by atoms with Gasteiger partial charge in [-0.05, 0) is 31.4 Å². The second-order valence-corrected chi connectivity index (χ2v) is 4.56. The van der Waals surface area contributed by atoms with E-state index in [1.165, 1.54) is 11.1 Å². The first-order valence-corrected chi connectivity index (χ1v) is 5.66. The Hall–Kier alpha value is -1.35. The molecule has 16 heavy (non-hydrogen) atoms. The Kier molecular flexibility index (Phi) is 3.25. The first-order valence-electron chi connectivity index (χ1n) is 5.66. The van der Waals surface area contributed by atoms with Crippen molar-refractivity contribution in [1.82, 2.24) is 5.32 Å². The Morgan fingerprint density at radius 2 is 2.38 bits per heavy atom. The van der Waals surface area contributed by atoms with Crippen molar-refractivity contribution in [3.63, 3.8) is 0 Å². The van der Waals surface area contributed by atoms with Gasteiger partial charge in [-0.25, -0.2) is 0 Å². The van der Waals surface area contributed by atoms with Crippen LogP contribution in [-0.2, 0) is 11.3 Å². The Morgan fingerprint density at radius 3 is 3.00 bits per heavy atom. The molecule has 1 saturated carbocycles. The van der Waals surface area contributed by atoms with Gasteiger partial charge in [0, 0.05) is 6.54 Å². The van der Waals surface area contributed by atoms with Crippen molar-refractivity contribution in [3.8, 4) is 0 Å². The molecule has 0 heterocycles. The molecule has 3 heteroatoms. The fourth-order valence-corrected chi connectivity index (χ4v) is 2.00. The lowest BCUT2D eigenvalue weighted by atomic mass is 10.1. The summed E-state index contributed by atoms with van der Waals surface area (Å²) in [5, 5.41) is 12.1. The molecule has 1 aromatic rings. The zero-order valence-corrected chi connectivity index (χ0v) is 9.44. The average Bonchev–Trinajstić information content (AvgIpc) is 2.97. The largest absolute Gasteiger partial charge is 0.481 e. The van der Waals surface area contributed by atoms with Gasteiger partial charge >= 0.3 is 5.97 Å². The van der Waals surface area contributed by atoms with Gasteiger partial charge in [-0.3, -0.25) is 4.79 Å². The number of carboxylic acid groups (broad SMARTS) is 1. The molecule has 0 spiro atoms. The van der Waals surface area contributed by atoms with Crippen LogP contribution in [0.15, 0.2) is 24.3 Å². The molecule has 1 aliphatic rings. The first kappa shape index (κ1) is 11.1. The molecule has 3 nitrogen and oxygen atoms in total. The first-order chi connectivity index (χ1) is 7.66. The number of carbonyl (C=O) groups is 1. The van der Waals surface area contributed by atoms with Crippen LogP contribution < -0.4 is 5.32 Å². The van der Waals surface area contributed by atoms with Gasteiger partial charge in [0.25, 0.3) is 0 Å². The molecule has 0 amide bonds. The molecule has 0 bridgehead atoms. The molecule has 1 fully saturated rings. The van der Waals surface area contributed by atoms with Gasteiger partial charge in [-0.1, -0.05) is 29.8 Å². The second-order valence-electron chi connectivity index (χ2n) is 4.56. The summed E-state index contributed by atoms with van der Waals surface area (Å²) in [5.41, 5.74) is 2.52. The molecule has 0 aliphatic heterocycles. The van der Waals surface area contributed by atoms with E-state index in [0.29, 0.717) is 5.92 Å². The molecule has 1 aromatic carbocycles. The summed E-state index contributed by atoms with van der Waals surface area (Å²) < 4.78 is 0. The molecule has 2 rings (SSSR count). The van der Waals surface area contributed by atoms with E-state index in [9.17, 15) is 4.79 Å². The third-order valence-corrected chi connectivity index (χ3v) is 3.06. The molecule has 0 aromatic heterocycles. The number of benzene rings is 1. The molecule has 86 valence electrons. The van der Waals surface area contributed by atoms with Crippen LogP contribution in [0.5, 0.6) is 0 Å². The molecule has 0 radical (unpaired) electrons. The summed E-state index contributed by atoms with van der Waals surface area (Å²) in [7, 11) is 0. The van der Waals surface area contributed by atoms with E-state index < -0.39 is 5.97 Å². The lowest BCUT2D eigenvalue weighted by Gasteiger charge is -2.04. The van der Waals surface area contributed by atoms with Gasteiger partial charge in [0.1, 0.15) is 0 Å². The SMILES string of the molecule is Cc1cccc(CNCC2CC2C(=O)O)c1.